The summed E-state index contributed by atoms with van der Waals surface area (Å²) in [5.41, 5.74) is 8.33. The van der Waals surface area contributed by atoms with E-state index in [-0.39, 0.29) is 6.04 Å². The van der Waals surface area contributed by atoms with Crippen LogP contribution in [0.1, 0.15) is 18.4 Å². The standard InChI is InChI=1S/C15H20N2O4.C9H8N2/c18-13(7-6-10-4-2-1-3-5-10)14(19)17-11-8-12(15(20)21)16-9-11;10-8-5-7-3-1-2-4-9(7)11-6-8/h1-5,11-13,16,18H,6-9H2,(H,17,19)(H,20,21);1-6H,10H2/t11-,12+,13-;/m1./s1. The second kappa shape index (κ2) is 11.2. The van der Waals surface area contributed by atoms with Gasteiger partial charge in [0.05, 0.1) is 17.4 Å². The summed E-state index contributed by atoms with van der Waals surface area (Å²) in [4.78, 5) is 26.8. The number of anilines is 1. The first-order valence-corrected chi connectivity index (χ1v) is 10.5. The number of nitrogen functional groups attached to an aromatic ring is 1. The molecule has 1 aromatic heterocycles. The molecule has 0 aliphatic carbocycles. The largest absolute Gasteiger partial charge is 0.480 e. The SMILES string of the molecule is Nc1cnc2ccccc2c1.O=C(N[C@H]1CN[C@H](C(=O)O)C1)[C@H](O)CCc1ccccc1. The van der Waals surface area contributed by atoms with Crippen molar-refractivity contribution in [2.45, 2.75) is 37.5 Å². The van der Waals surface area contributed by atoms with E-state index in [0.29, 0.717) is 31.5 Å². The van der Waals surface area contributed by atoms with E-state index in [9.17, 15) is 14.7 Å². The van der Waals surface area contributed by atoms with Crippen LogP contribution in [0.4, 0.5) is 5.69 Å². The molecule has 1 fully saturated rings. The molecule has 8 heteroatoms. The lowest BCUT2D eigenvalue weighted by atomic mass is 10.1. The topological polar surface area (TPSA) is 138 Å². The summed E-state index contributed by atoms with van der Waals surface area (Å²) >= 11 is 0. The first kappa shape index (κ1) is 23.2. The van der Waals surface area contributed by atoms with E-state index >= 15 is 0 Å². The Morgan fingerprint density at radius 1 is 1.16 bits per heavy atom. The van der Waals surface area contributed by atoms with Gasteiger partial charge in [-0.25, -0.2) is 0 Å². The van der Waals surface area contributed by atoms with Gasteiger partial charge in [-0.2, -0.15) is 0 Å². The Morgan fingerprint density at radius 3 is 2.59 bits per heavy atom. The monoisotopic (exact) mass is 436 g/mol. The molecule has 0 saturated carbocycles. The number of carboxylic acids is 1. The van der Waals surface area contributed by atoms with Crippen LogP contribution in [0.5, 0.6) is 0 Å². The molecule has 1 aliphatic heterocycles. The smallest absolute Gasteiger partial charge is 0.320 e. The Morgan fingerprint density at radius 2 is 1.88 bits per heavy atom. The number of hydrogen-bond donors (Lipinski definition) is 5. The van der Waals surface area contributed by atoms with Crippen molar-refractivity contribution in [1.29, 1.82) is 0 Å². The van der Waals surface area contributed by atoms with Crippen molar-refractivity contribution >= 4 is 28.5 Å². The second-order valence-electron chi connectivity index (χ2n) is 7.74. The third-order valence-electron chi connectivity index (χ3n) is 5.24. The minimum Gasteiger partial charge on any atom is -0.480 e. The first-order valence-electron chi connectivity index (χ1n) is 10.5. The van der Waals surface area contributed by atoms with Gasteiger partial charge in [-0.3, -0.25) is 14.6 Å². The molecule has 1 aliphatic rings. The highest BCUT2D eigenvalue weighted by Gasteiger charge is 2.31. The molecule has 6 N–H and O–H groups in total. The van der Waals surface area contributed by atoms with Crippen molar-refractivity contribution < 1.29 is 19.8 Å². The molecule has 0 radical (unpaired) electrons. The molecule has 1 saturated heterocycles. The number of para-hydroxylation sites is 1. The van der Waals surface area contributed by atoms with Gasteiger partial charge < -0.3 is 26.6 Å². The molecular formula is C24H28N4O4. The lowest BCUT2D eigenvalue weighted by Gasteiger charge is -2.15. The Labute approximate surface area is 186 Å². The maximum absolute atomic E-state index is 11.9. The third-order valence-corrected chi connectivity index (χ3v) is 5.24. The number of carbonyl (C=O) groups is 2. The van der Waals surface area contributed by atoms with E-state index in [0.717, 1.165) is 16.5 Å². The summed E-state index contributed by atoms with van der Waals surface area (Å²) in [7, 11) is 0. The number of amides is 1. The predicted octanol–water partition coefficient (Wildman–Crippen LogP) is 1.73. The van der Waals surface area contributed by atoms with E-state index in [2.05, 4.69) is 15.6 Å². The van der Waals surface area contributed by atoms with Crippen LogP contribution in [0.3, 0.4) is 0 Å². The average Bonchev–Trinajstić information content (AvgIpc) is 3.27. The number of carbonyl (C=O) groups excluding carboxylic acids is 1. The molecule has 0 bridgehead atoms. The zero-order valence-electron chi connectivity index (χ0n) is 17.6. The molecule has 0 unspecified atom stereocenters. The van der Waals surface area contributed by atoms with Crippen LogP contribution in [-0.4, -0.2) is 51.8 Å². The maximum atomic E-state index is 11.9. The second-order valence-corrected chi connectivity index (χ2v) is 7.74. The highest BCUT2D eigenvalue weighted by atomic mass is 16.4. The number of aromatic nitrogens is 1. The van der Waals surface area contributed by atoms with Crippen LogP contribution in [0.2, 0.25) is 0 Å². The molecule has 2 aromatic carbocycles. The van der Waals surface area contributed by atoms with Gasteiger partial charge in [-0.1, -0.05) is 48.5 Å². The van der Waals surface area contributed by atoms with E-state index in [4.69, 9.17) is 10.8 Å². The summed E-state index contributed by atoms with van der Waals surface area (Å²) < 4.78 is 0. The van der Waals surface area contributed by atoms with Crippen LogP contribution in [-0.2, 0) is 16.0 Å². The summed E-state index contributed by atoms with van der Waals surface area (Å²) in [5.74, 6) is -1.36. The van der Waals surface area contributed by atoms with E-state index in [1.807, 2.05) is 60.7 Å². The van der Waals surface area contributed by atoms with Gasteiger partial charge in [0.1, 0.15) is 12.1 Å². The molecule has 3 atom stereocenters. The molecule has 4 rings (SSSR count). The quantitative estimate of drug-likeness (QED) is 0.397. The van der Waals surface area contributed by atoms with Gasteiger partial charge in [-0.05, 0) is 37.0 Å². The minimum absolute atomic E-state index is 0.245. The molecular weight excluding hydrogens is 408 g/mol. The van der Waals surface area contributed by atoms with Crippen LogP contribution >= 0.6 is 0 Å². The molecule has 0 spiro atoms. The van der Waals surface area contributed by atoms with Crippen molar-refractivity contribution in [3.8, 4) is 0 Å². The van der Waals surface area contributed by atoms with Crippen molar-refractivity contribution in [2.24, 2.45) is 0 Å². The Balaban J connectivity index is 0.000000219. The van der Waals surface area contributed by atoms with Crippen molar-refractivity contribution in [3.63, 3.8) is 0 Å². The fourth-order valence-corrected chi connectivity index (χ4v) is 3.50. The van der Waals surface area contributed by atoms with Crippen LogP contribution in [0, 0.1) is 0 Å². The Bertz CT molecular complexity index is 1040. The Kier molecular flexibility index (Phi) is 8.13. The number of rotatable bonds is 6. The molecule has 32 heavy (non-hydrogen) atoms. The van der Waals surface area contributed by atoms with Gasteiger partial charge in [0.2, 0.25) is 5.91 Å². The third kappa shape index (κ3) is 6.76. The zero-order valence-corrected chi connectivity index (χ0v) is 17.6. The fourth-order valence-electron chi connectivity index (χ4n) is 3.50. The number of hydrogen-bond acceptors (Lipinski definition) is 6. The normalized spacial score (nSPS) is 18.4. The van der Waals surface area contributed by atoms with Crippen molar-refractivity contribution in [1.82, 2.24) is 15.6 Å². The van der Waals surface area contributed by atoms with E-state index < -0.39 is 24.0 Å². The molecule has 2 heterocycles. The van der Waals surface area contributed by atoms with Crippen LogP contribution < -0.4 is 16.4 Å². The number of nitrogens with zero attached hydrogens (tertiary/aromatic N) is 1. The van der Waals surface area contributed by atoms with Crippen LogP contribution in [0.25, 0.3) is 10.9 Å². The first-order chi connectivity index (χ1) is 15.4. The Hall–Kier alpha value is -3.49. The molecule has 168 valence electrons. The summed E-state index contributed by atoms with van der Waals surface area (Å²) in [6, 6.07) is 18.6. The number of aliphatic hydroxyl groups is 1. The number of aliphatic hydroxyl groups excluding tert-OH is 1. The van der Waals surface area contributed by atoms with E-state index in [1.165, 1.54) is 0 Å². The van der Waals surface area contributed by atoms with Crippen molar-refractivity contribution in [3.05, 3.63) is 72.4 Å². The summed E-state index contributed by atoms with van der Waals surface area (Å²) in [6.45, 7) is 0.411. The van der Waals surface area contributed by atoms with E-state index in [1.54, 1.807) is 6.20 Å². The van der Waals surface area contributed by atoms with Gasteiger partial charge in [-0.15, -0.1) is 0 Å². The predicted molar refractivity (Wildman–Crippen MR) is 123 cm³/mol. The van der Waals surface area contributed by atoms with Crippen LogP contribution in [0.15, 0.2) is 66.9 Å². The number of aryl methyl sites for hydroxylation is 1. The number of carboxylic acid groups (broad SMARTS) is 1. The number of nitrogens with two attached hydrogens (primary N) is 1. The summed E-state index contributed by atoms with van der Waals surface area (Å²) in [5, 5.41) is 25.3. The summed E-state index contributed by atoms with van der Waals surface area (Å²) in [6.07, 6.45) is 1.90. The number of pyridine rings is 1. The van der Waals surface area contributed by atoms with Gasteiger partial charge in [0, 0.05) is 18.0 Å². The highest BCUT2D eigenvalue weighted by Crippen LogP contribution is 2.13. The molecule has 8 nitrogen and oxygen atoms in total. The lowest BCUT2D eigenvalue weighted by molar-refractivity contribution is -0.139. The highest BCUT2D eigenvalue weighted by molar-refractivity contribution is 5.81. The molecule has 3 aromatic rings. The zero-order chi connectivity index (χ0) is 22.9. The number of fused-ring (bicyclic) bond motifs is 1. The molecule has 1 amide bonds. The van der Waals surface area contributed by atoms with Gasteiger partial charge in [0.25, 0.3) is 0 Å². The number of nitrogens with one attached hydrogen (secondary N) is 2. The van der Waals surface area contributed by atoms with Crippen molar-refractivity contribution in [2.75, 3.05) is 12.3 Å². The lowest BCUT2D eigenvalue weighted by Crippen LogP contribution is -2.42. The maximum Gasteiger partial charge on any atom is 0.320 e. The number of aliphatic carboxylic acids is 1. The average molecular weight is 437 g/mol. The van der Waals surface area contributed by atoms with Gasteiger partial charge >= 0.3 is 5.97 Å². The fraction of sp³-hybridized carbons (Fsp3) is 0.292. The number of benzene rings is 2. The van der Waals surface area contributed by atoms with Gasteiger partial charge in [0.15, 0.2) is 0 Å². The minimum atomic E-state index is -1.07.